The molecule has 1 aromatic rings. The fraction of sp³-hybridized carbons (Fsp3) is 0.611. The second kappa shape index (κ2) is 14.0. The second-order valence-electron chi connectivity index (χ2n) is 5.97. The SMILES string of the molecule is CCNC(=NCc1cccc(C(F)(F)F)c1)NCCN(C)CCCOC.I. The molecule has 0 atom stereocenters. The molecule has 27 heavy (non-hydrogen) atoms. The van der Waals surface area contributed by atoms with Crippen LogP contribution in [0.3, 0.4) is 0 Å². The van der Waals surface area contributed by atoms with Crippen molar-refractivity contribution < 1.29 is 17.9 Å². The molecular formula is C18H30F3IN4O. The Labute approximate surface area is 176 Å². The average Bonchev–Trinajstić information content (AvgIpc) is 2.59. The lowest BCUT2D eigenvalue weighted by Gasteiger charge is -2.18. The number of nitrogens with one attached hydrogen (secondary N) is 2. The number of hydrogen-bond acceptors (Lipinski definition) is 3. The number of guanidine groups is 1. The zero-order valence-electron chi connectivity index (χ0n) is 16.1. The standard InChI is InChI=1S/C18H29F3N4O.HI/c1-4-22-17(23-9-11-25(2)10-6-12-26-3)24-14-15-7-5-8-16(13-15)18(19,20)21;/h5,7-8,13H,4,6,9-12,14H2,1-3H3,(H2,22,23,24);1H. The second-order valence-corrected chi connectivity index (χ2v) is 5.97. The van der Waals surface area contributed by atoms with Crippen molar-refractivity contribution >= 4 is 29.9 Å². The predicted molar refractivity (Wildman–Crippen MR) is 114 cm³/mol. The summed E-state index contributed by atoms with van der Waals surface area (Å²) in [4.78, 5) is 6.55. The Bertz CT molecular complexity index is 556. The van der Waals surface area contributed by atoms with E-state index < -0.39 is 11.7 Å². The molecule has 0 unspecified atom stereocenters. The highest BCUT2D eigenvalue weighted by atomic mass is 127. The van der Waals surface area contributed by atoms with Crippen LogP contribution in [-0.4, -0.2) is 57.8 Å². The van der Waals surface area contributed by atoms with E-state index in [0.717, 1.165) is 38.2 Å². The van der Waals surface area contributed by atoms with Crippen molar-refractivity contribution in [3.8, 4) is 0 Å². The molecule has 0 fully saturated rings. The Balaban J connectivity index is 0.00000676. The van der Waals surface area contributed by atoms with Crippen molar-refractivity contribution in [2.75, 3.05) is 46.9 Å². The summed E-state index contributed by atoms with van der Waals surface area (Å²) < 4.78 is 43.3. The zero-order chi connectivity index (χ0) is 19.4. The minimum atomic E-state index is -4.34. The molecule has 9 heteroatoms. The topological polar surface area (TPSA) is 48.9 Å². The molecule has 0 spiro atoms. The number of benzene rings is 1. The van der Waals surface area contributed by atoms with Crippen LogP contribution in [0.5, 0.6) is 0 Å². The monoisotopic (exact) mass is 502 g/mol. The Hall–Kier alpha value is -1.07. The highest BCUT2D eigenvalue weighted by molar-refractivity contribution is 14.0. The van der Waals surface area contributed by atoms with Gasteiger partial charge in [0.05, 0.1) is 12.1 Å². The maximum Gasteiger partial charge on any atom is 0.416 e. The van der Waals surface area contributed by atoms with Gasteiger partial charge in [0.2, 0.25) is 0 Å². The van der Waals surface area contributed by atoms with E-state index in [9.17, 15) is 13.2 Å². The summed E-state index contributed by atoms with van der Waals surface area (Å²) in [5.41, 5.74) is -0.130. The molecule has 0 saturated heterocycles. The van der Waals surface area contributed by atoms with Gasteiger partial charge in [-0.2, -0.15) is 13.2 Å². The number of rotatable bonds is 10. The summed E-state index contributed by atoms with van der Waals surface area (Å²) in [6.45, 7) is 6.00. The number of nitrogens with zero attached hydrogens (tertiary/aromatic N) is 2. The van der Waals surface area contributed by atoms with Gasteiger partial charge in [-0.3, -0.25) is 0 Å². The smallest absolute Gasteiger partial charge is 0.385 e. The largest absolute Gasteiger partial charge is 0.416 e. The van der Waals surface area contributed by atoms with Crippen molar-refractivity contribution in [1.82, 2.24) is 15.5 Å². The van der Waals surface area contributed by atoms with Gasteiger partial charge in [0.1, 0.15) is 0 Å². The van der Waals surface area contributed by atoms with Gasteiger partial charge in [-0.05, 0) is 38.1 Å². The lowest BCUT2D eigenvalue weighted by molar-refractivity contribution is -0.137. The molecule has 0 saturated carbocycles. The van der Waals surface area contributed by atoms with E-state index in [1.165, 1.54) is 6.07 Å². The number of methoxy groups -OCH3 is 1. The van der Waals surface area contributed by atoms with E-state index in [-0.39, 0.29) is 30.5 Å². The van der Waals surface area contributed by atoms with Gasteiger partial charge >= 0.3 is 6.18 Å². The Kier molecular flexibility index (Phi) is 13.4. The quantitative estimate of drug-likeness (QED) is 0.223. The van der Waals surface area contributed by atoms with E-state index >= 15 is 0 Å². The van der Waals surface area contributed by atoms with E-state index in [1.807, 2.05) is 14.0 Å². The van der Waals surface area contributed by atoms with E-state index in [1.54, 1.807) is 13.2 Å². The molecule has 2 N–H and O–H groups in total. The minimum absolute atomic E-state index is 0. The summed E-state index contributed by atoms with van der Waals surface area (Å²) in [6, 6.07) is 5.25. The third-order valence-corrected chi connectivity index (χ3v) is 3.69. The summed E-state index contributed by atoms with van der Waals surface area (Å²) in [7, 11) is 3.72. The molecule has 0 radical (unpaired) electrons. The van der Waals surface area contributed by atoms with Crippen molar-refractivity contribution in [2.24, 2.45) is 4.99 Å². The van der Waals surface area contributed by atoms with Crippen molar-refractivity contribution in [3.05, 3.63) is 35.4 Å². The van der Waals surface area contributed by atoms with Crippen LogP contribution in [0.4, 0.5) is 13.2 Å². The van der Waals surface area contributed by atoms with Crippen LogP contribution in [0.1, 0.15) is 24.5 Å². The summed E-state index contributed by atoms with van der Waals surface area (Å²) in [5.74, 6) is 0.593. The lowest BCUT2D eigenvalue weighted by atomic mass is 10.1. The molecule has 0 aliphatic carbocycles. The van der Waals surface area contributed by atoms with Crippen LogP contribution < -0.4 is 10.6 Å². The third kappa shape index (κ3) is 11.4. The maximum atomic E-state index is 12.8. The van der Waals surface area contributed by atoms with E-state index in [4.69, 9.17) is 4.74 Å². The van der Waals surface area contributed by atoms with Gasteiger partial charge in [0.15, 0.2) is 5.96 Å². The first kappa shape index (κ1) is 25.9. The summed E-state index contributed by atoms with van der Waals surface area (Å²) >= 11 is 0. The fourth-order valence-electron chi connectivity index (χ4n) is 2.31. The van der Waals surface area contributed by atoms with Crippen molar-refractivity contribution in [2.45, 2.75) is 26.1 Å². The first-order chi connectivity index (χ1) is 12.4. The molecule has 0 aromatic heterocycles. The highest BCUT2D eigenvalue weighted by Crippen LogP contribution is 2.29. The van der Waals surface area contributed by atoms with Gasteiger partial charge < -0.3 is 20.3 Å². The van der Waals surface area contributed by atoms with Gasteiger partial charge in [-0.25, -0.2) is 4.99 Å². The zero-order valence-corrected chi connectivity index (χ0v) is 18.4. The number of hydrogen-bond donors (Lipinski definition) is 2. The maximum absolute atomic E-state index is 12.8. The van der Waals surface area contributed by atoms with Crippen LogP contribution in [0.15, 0.2) is 29.3 Å². The van der Waals surface area contributed by atoms with Gasteiger partial charge in [-0.15, -0.1) is 24.0 Å². The summed E-state index contributed by atoms with van der Waals surface area (Å²) in [6.07, 6.45) is -3.37. The first-order valence-electron chi connectivity index (χ1n) is 8.72. The van der Waals surface area contributed by atoms with Crippen molar-refractivity contribution in [1.29, 1.82) is 0 Å². The van der Waals surface area contributed by atoms with Gasteiger partial charge in [0, 0.05) is 39.9 Å². The molecule has 0 aliphatic heterocycles. The number of likely N-dealkylation sites (N-methyl/N-ethyl adjacent to an activating group) is 1. The van der Waals surface area contributed by atoms with Crippen LogP contribution in [0.25, 0.3) is 0 Å². The Morgan fingerprint density at radius 3 is 2.59 bits per heavy atom. The Morgan fingerprint density at radius 2 is 1.96 bits per heavy atom. The van der Waals surface area contributed by atoms with Gasteiger partial charge in [-0.1, -0.05) is 12.1 Å². The van der Waals surface area contributed by atoms with Crippen molar-refractivity contribution in [3.63, 3.8) is 0 Å². The van der Waals surface area contributed by atoms with Crippen LogP contribution >= 0.6 is 24.0 Å². The molecule has 1 aromatic carbocycles. The molecular weight excluding hydrogens is 472 g/mol. The van der Waals surface area contributed by atoms with E-state index in [0.29, 0.717) is 24.6 Å². The minimum Gasteiger partial charge on any atom is -0.385 e. The molecule has 0 bridgehead atoms. The average molecular weight is 502 g/mol. The van der Waals surface area contributed by atoms with Crippen LogP contribution in [-0.2, 0) is 17.5 Å². The van der Waals surface area contributed by atoms with Gasteiger partial charge in [0.25, 0.3) is 0 Å². The molecule has 0 amide bonds. The number of halogens is 4. The van der Waals surface area contributed by atoms with E-state index in [2.05, 4.69) is 20.5 Å². The number of aliphatic imine (C=N–C) groups is 1. The molecule has 0 aliphatic rings. The predicted octanol–water partition coefficient (Wildman–Crippen LogP) is 3.35. The molecule has 156 valence electrons. The fourth-order valence-corrected chi connectivity index (χ4v) is 2.31. The Morgan fingerprint density at radius 1 is 1.22 bits per heavy atom. The first-order valence-corrected chi connectivity index (χ1v) is 8.72. The lowest BCUT2D eigenvalue weighted by Crippen LogP contribution is -2.41. The highest BCUT2D eigenvalue weighted by Gasteiger charge is 2.30. The number of ether oxygens (including phenoxy) is 1. The van der Waals surface area contributed by atoms with Crippen LogP contribution in [0, 0.1) is 0 Å². The molecule has 5 nitrogen and oxygen atoms in total. The number of alkyl halides is 3. The molecule has 0 heterocycles. The normalized spacial score (nSPS) is 12.0. The molecule has 1 rings (SSSR count). The van der Waals surface area contributed by atoms with Crippen LogP contribution in [0.2, 0.25) is 0 Å². The third-order valence-electron chi connectivity index (χ3n) is 3.69. The summed E-state index contributed by atoms with van der Waals surface area (Å²) in [5, 5.41) is 6.30.